The zero-order valence-corrected chi connectivity index (χ0v) is 9.51. The molecule has 86 valence electrons. The molecule has 0 amide bonds. The first-order valence-corrected chi connectivity index (χ1v) is 4.78. The molecule has 0 aliphatic carbocycles. The van der Waals surface area contributed by atoms with E-state index in [1.165, 1.54) is 22.6 Å². The van der Waals surface area contributed by atoms with Crippen molar-refractivity contribution < 1.29 is 23.6 Å². The zero-order chi connectivity index (χ0) is 12.5. The molecule has 0 fully saturated rings. The van der Waals surface area contributed by atoms with Crippen LogP contribution in [0, 0.1) is 13.7 Å². The molecule has 9 heteroatoms. The van der Waals surface area contributed by atoms with E-state index in [4.69, 9.17) is 5.11 Å². The first kappa shape index (κ1) is 12.7. The third-order valence-corrected chi connectivity index (χ3v) is 2.70. The largest absolute Gasteiger partial charge is 0.477 e. The third kappa shape index (κ3) is 2.23. The minimum Gasteiger partial charge on any atom is -0.477 e. The molecule has 0 atom stereocenters. The summed E-state index contributed by atoms with van der Waals surface area (Å²) < 4.78 is 24.3. The Morgan fingerprint density at radius 2 is 2.19 bits per heavy atom. The number of aromatic carboxylic acids is 1. The SMILES string of the molecule is O=C(O)c1cnc(C(F)F)c(I)c1[N+](=O)[O-]. The van der Waals surface area contributed by atoms with Crippen molar-refractivity contribution in [3.8, 4) is 0 Å². The van der Waals surface area contributed by atoms with E-state index in [9.17, 15) is 23.7 Å². The van der Waals surface area contributed by atoms with Crippen molar-refractivity contribution >= 4 is 34.2 Å². The minimum atomic E-state index is -2.99. The van der Waals surface area contributed by atoms with Gasteiger partial charge in [0.2, 0.25) is 0 Å². The summed E-state index contributed by atoms with van der Waals surface area (Å²) >= 11 is 1.28. The number of carboxylic acid groups (broad SMARTS) is 1. The number of halogens is 3. The Kier molecular flexibility index (Phi) is 3.67. The number of hydrogen-bond donors (Lipinski definition) is 1. The maximum Gasteiger partial charge on any atom is 0.344 e. The summed E-state index contributed by atoms with van der Waals surface area (Å²) in [5, 5.41) is 19.2. The maximum absolute atomic E-state index is 12.4. The van der Waals surface area contributed by atoms with Crippen molar-refractivity contribution in [1.29, 1.82) is 0 Å². The van der Waals surface area contributed by atoms with Gasteiger partial charge < -0.3 is 5.11 Å². The van der Waals surface area contributed by atoms with Gasteiger partial charge in [-0.3, -0.25) is 15.1 Å². The molecule has 0 unspecified atom stereocenters. The molecule has 0 bridgehead atoms. The second-order valence-corrected chi connectivity index (χ2v) is 3.66. The lowest BCUT2D eigenvalue weighted by atomic mass is 10.2. The van der Waals surface area contributed by atoms with Crippen LogP contribution in [0.3, 0.4) is 0 Å². The zero-order valence-electron chi connectivity index (χ0n) is 7.35. The second-order valence-electron chi connectivity index (χ2n) is 2.58. The molecule has 1 aromatic rings. The van der Waals surface area contributed by atoms with E-state index in [1.54, 1.807) is 0 Å². The lowest BCUT2D eigenvalue weighted by Crippen LogP contribution is -2.08. The number of hydrogen-bond acceptors (Lipinski definition) is 4. The van der Waals surface area contributed by atoms with Gasteiger partial charge in [-0.25, -0.2) is 13.6 Å². The van der Waals surface area contributed by atoms with Gasteiger partial charge in [0.1, 0.15) is 9.26 Å². The van der Waals surface area contributed by atoms with Gasteiger partial charge in [0, 0.05) is 6.20 Å². The highest BCUT2D eigenvalue weighted by atomic mass is 127. The van der Waals surface area contributed by atoms with Gasteiger partial charge in [-0.1, -0.05) is 0 Å². The number of carboxylic acids is 1. The van der Waals surface area contributed by atoms with E-state index in [2.05, 4.69) is 4.98 Å². The normalized spacial score (nSPS) is 10.5. The summed E-state index contributed by atoms with van der Waals surface area (Å²) in [4.78, 5) is 23.4. The molecule has 0 radical (unpaired) electrons. The predicted molar refractivity (Wildman–Crippen MR) is 55.5 cm³/mol. The second kappa shape index (κ2) is 4.63. The molecule has 0 saturated carbocycles. The number of nitrogens with zero attached hydrogens (tertiary/aromatic N) is 2. The van der Waals surface area contributed by atoms with Crippen molar-refractivity contribution in [2.24, 2.45) is 0 Å². The van der Waals surface area contributed by atoms with E-state index in [1.807, 2.05) is 0 Å². The molecular formula is C7H3F2IN2O4. The predicted octanol–water partition coefficient (Wildman–Crippen LogP) is 2.23. The molecule has 0 aliphatic heterocycles. The Bertz CT molecular complexity index is 466. The van der Waals surface area contributed by atoms with Gasteiger partial charge in [0.05, 0.1) is 4.92 Å². The van der Waals surface area contributed by atoms with Gasteiger partial charge in [0.15, 0.2) is 5.56 Å². The summed E-state index contributed by atoms with van der Waals surface area (Å²) in [6, 6.07) is 0. The molecule has 16 heavy (non-hydrogen) atoms. The number of carbonyl (C=O) groups is 1. The van der Waals surface area contributed by atoms with Crippen LogP contribution in [0.5, 0.6) is 0 Å². The van der Waals surface area contributed by atoms with Crippen LogP contribution in [0.15, 0.2) is 6.20 Å². The van der Waals surface area contributed by atoms with Crippen molar-refractivity contribution in [2.45, 2.75) is 6.43 Å². The highest BCUT2D eigenvalue weighted by Gasteiger charge is 2.29. The molecule has 0 spiro atoms. The fourth-order valence-electron chi connectivity index (χ4n) is 0.979. The molecule has 0 aliphatic rings. The first-order chi connectivity index (χ1) is 7.36. The van der Waals surface area contributed by atoms with Crippen molar-refractivity contribution in [3.05, 3.63) is 31.1 Å². The molecular weight excluding hydrogens is 341 g/mol. The lowest BCUT2D eigenvalue weighted by molar-refractivity contribution is -0.386. The van der Waals surface area contributed by atoms with Gasteiger partial charge in [-0.15, -0.1) is 0 Å². The molecule has 0 aromatic carbocycles. The van der Waals surface area contributed by atoms with E-state index in [0.29, 0.717) is 6.20 Å². The Morgan fingerprint density at radius 1 is 1.62 bits per heavy atom. The quantitative estimate of drug-likeness (QED) is 0.516. The Balaban J connectivity index is 3.54. The number of alkyl halides is 2. The molecule has 1 N–H and O–H groups in total. The standard InChI is InChI=1S/C7H3F2IN2O4/c8-6(9)4-3(10)5(12(15)16)2(1-11-4)7(13)14/h1,6H,(H,13,14). The summed E-state index contributed by atoms with van der Waals surface area (Å²) in [6.07, 6.45) is -2.43. The molecule has 1 aromatic heterocycles. The molecule has 1 rings (SSSR count). The molecule has 1 heterocycles. The summed E-state index contributed by atoms with van der Waals surface area (Å²) in [5.74, 6) is -1.59. The smallest absolute Gasteiger partial charge is 0.344 e. The van der Waals surface area contributed by atoms with E-state index in [0.717, 1.165) is 0 Å². The highest BCUT2D eigenvalue weighted by Crippen LogP contribution is 2.31. The fraction of sp³-hybridized carbons (Fsp3) is 0.143. The van der Waals surface area contributed by atoms with Crippen LogP contribution in [0.25, 0.3) is 0 Å². The van der Waals surface area contributed by atoms with Crippen LogP contribution >= 0.6 is 22.6 Å². The van der Waals surface area contributed by atoms with E-state index in [-0.39, 0.29) is 0 Å². The lowest BCUT2D eigenvalue weighted by Gasteiger charge is -2.04. The van der Waals surface area contributed by atoms with Crippen LogP contribution in [0.4, 0.5) is 14.5 Å². The summed E-state index contributed by atoms with van der Waals surface area (Å²) in [5.41, 5.74) is -2.37. The van der Waals surface area contributed by atoms with Crippen LogP contribution in [-0.2, 0) is 0 Å². The fourth-order valence-corrected chi connectivity index (χ4v) is 1.84. The van der Waals surface area contributed by atoms with Gasteiger partial charge in [0.25, 0.3) is 6.43 Å². The van der Waals surface area contributed by atoms with Crippen molar-refractivity contribution in [2.75, 3.05) is 0 Å². The van der Waals surface area contributed by atoms with Gasteiger partial charge >= 0.3 is 11.7 Å². The van der Waals surface area contributed by atoms with Crippen molar-refractivity contribution in [1.82, 2.24) is 4.98 Å². The van der Waals surface area contributed by atoms with Gasteiger partial charge in [-0.05, 0) is 22.6 Å². The van der Waals surface area contributed by atoms with Crippen LogP contribution < -0.4 is 0 Å². The van der Waals surface area contributed by atoms with Crippen LogP contribution in [-0.4, -0.2) is 21.0 Å². The Hall–Kier alpha value is -1.39. The van der Waals surface area contributed by atoms with E-state index < -0.39 is 37.8 Å². The number of aromatic nitrogens is 1. The topological polar surface area (TPSA) is 93.3 Å². The maximum atomic E-state index is 12.4. The number of pyridine rings is 1. The monoisotopic (exact) mass is 344 g/mol. The Labute approximate surface area is 101 Å². The summed E-state index contributed by atoms with van der Waals surface area (Å²) in [6.45, 7) is 0. The summed E-state index contributed by atoms with van der Waals surface area (Å²) in [7, 11) is 0. The average molecular weight is 344 g/mol. The third-order valence-electron chi connectivity index (χ3n) is 1.64. The van der Waals surface area contributed by atoms with Crippen LogP contribution in [0.1, 0.15) is 22.5 Å². The molecule has 0 saturated heterocycles. The highest BCUT2D eigenvalue weighted by molar-refractivity contribution is 14.1. The van der Waals surface area contributed by atoms with Crippen LogP contribution in [0.2, 0.25) is 0 Å². The minimum absolute atomic E-state index is 0.461. The van der Waals surface area contributed by atoms with E-state index >= 15 is 0 Å². The average Bonchev–Trinajstić information content (AvgIpc) is 2.15. The molecule has 6 nitrogen and oxygen atoms in total. The number of rotatable bonds is 3. The number of nitro groups is 1. The van der Waals surface area contributed by atoms with Gasteiger partial charge in [-0.2, -0.15) is 0 Å². The van der Waals surface area contributed by atoms with Crippen molar-refractivity contribution in [3.63, 3.8) is 0 Å². The first-order valence-electron chi connectivity index (χ1n) is 3.70. The Morgan fingerprint density at radius 3 is 2.56 bits per heavy atom.